The zero-order chi connectivity index (χ0) is 25.0. The van der Waals surface area contributed by atoms with Gasteiger partial charge in [-0.25, -0.2) is 19.6 Å². The van der Waals surface area contributed by atoms with Gasteiger partial charge in [0.25, 0.3) is 0 Å². The molecule has 0 fully saturated rings. The standard InChI is InChI=1S/C22H17F3N6O4/c1-34-21(33)31-19-29-16-7-6-15(10-17(16)30-19)35-18-8-5-14(11-26-18)28-20(32)27-13-4-2-3-12(9-13)22(23,24)25/h2-11H,1H3,(H2,27,28,32)(H2,29,30,31,33). The normalized spacial score (nSPS) is 11.1. The summed E-state index contributed by atoms with van der Waals surface area (Å²) in [6.07, 6.45) is -3.85. The van der Waals surface area contributed by atoms with E-state index in [0.717, 1.165) is 12.1 Å². The van der Waals surface area contributed by atoms with Gasteiger partial charge < -0.3 is 25.1 Å². The van der Waals surface area contributed by atoms with Crippen LogP contribution in [0, 0.1) is 0 Å². The van der Waals surface area contributed by atoms with Gasteiger partial charge in [0.2, 0.25) is 11.8 Å². The van der Waals surface area contributed by atoms with Gasteiger partial charge in [0, 0.05) is 17.8 Å². The molecule has 180 valence electrons. The number of pyridine rings is 1. The van der Waals surface area contributed by atoms with E-state index < -0.39 is 23.9 Å². The first-order valence-corrected chi connectivity index (χ1v) is 9.93. The van der Waals surface area contributed by atoms with Crippen molar-refractivity contribution in [3.8, 4) is 11.6 Å². The first-order valence-electron chi connectivity index (χ1n) is 9.93. The van der Waals surface area contributed by atoms with Crippen molar-refractivity contribution in [3.05, 3.63) is 66.4 Å². The summed E-state index contributed by atoms with van der Waals surface area (Å²) < 4.78 is 48.6. The van der Waals surface area contributed by atoms with E-state index in [2.05, 4.69) is 35.6 Å². The minimum atomic E-state index is -4.52. The lowest BCUT2D eigenvalue weighted by Crippen LogP contribution is -2.19. The van der Waals surface area contributed by atoms with Crippen molar-refractivity contribution in [1.29, 1.82) is 0 Å². The molecule has 0 aliphatic heterocycles. The van der Waals surface area contributed by atoms with Gasteiger partial charge in [-0.05, 0) is 36.4 Å². The lowest BCUT2D eigenvalue weighted by atomic mass is 10.2. The Morgan fingerprint density at radius 1 is 0.971 bits per heavy atom. The van der Waals surface area contributed by atoms with E-state index in [4.69, 9.17) is 4.74 Å². The molecule has 0 aliphatic carbocycles. The molecule has 4 aromatic rings. The highest BCUT2D eigenvalue weighted by Gasteiger charge is 2.30. The number of alkyl halides is 3. The molecule has 0 bridgehead atoms. The van der Waals surface area contributed by atoms with Crippen molar-refractivity contribution in [2.45, 2.75) is 6.18 Å². The number of fused-ring (bicyclic) bond motifs is 1. The summed E-state index contributed by atoms with van der Waals surface area (Å²) in [4.78, 5) is 34.6. The lowest BCUT2D eigenvalue weighted by Gasteiger charge is -2.11. The average molecular weight is 486 g/mol. The van der Waals surface area contributed by atoms with E-state index in [1.807, 2.05) is 0 Å². The van der Waals surface area contributed by atoms with Crippen LogP contribution < -0.4 is 20.7 Å². The Labute approximate surface area is 195 Å². The van der Waals surface area contributed by atoms with Crippen molar-refractivity contribution in [1.82, 2.24) is 15.0 Å². The third-order valence-electron chi connectivity index (χ3n) is 4.52. The van der Waals surface area contributed by atoms with E-state index in [9.17, 15) is 22.8 Å². The van der Waals surface area contributed by atoms with Crippen LogP contribution in [-0.4, -0.2) is 34.2 Å². The van der Waals surface area contributed by atoms with Crippen molar-refractivity contribution in [2.75, 3.05) is 23.1 Å². The summed E-state index contributed by atoms with van der Waals surface area (Å²) in [7, 11) is 1.24. The second kappa shape index (κ2) is 9.59. The number of benzene rings is 2. The summed E-state index contributed by atoms with van der Waals surface area (Å²) >= 11 is 0. The maximum atomic E-state index is 12.8. The number of H-pyrrole nitrogens is 1. The number of anilines is 3. The van der Waals surface area contributed by atoms with Crippen molar-refractivity contribution in [3.63, 3.8) is 0 Å². The molecule has 0 unspecified atom stereocenters. The topological polar surface area (TPSA) is 130 Å². The first kappa shape index (κ1) is 23.4. The molecule has 2 aromatic carbocycles. The number of imidazole rings is 1. The number of hydrogen-bond acceptors (Lipinski definition) is 6. The number of halogens is 3. The predicted octanol–water partition coefficient (Wildman–Crippen LogP) is 5.59. The summed E-state index contributed by atoms with van der Waals surface area (Å²) in [6.45, 7) is 0. The third-order valence-corrected chi connectivity index (χ3v) is 4.52. The van der Waals surface area contributed by atoms with Crippen LogP contribution in [0.3, 0.4) is 0 Å². The molecule has 0 aliphatic rings. The Morgan fingerprint density at radius 3 is 2.49 bits per heavy atom. The molecule has 0 saturated carbocycles. The molecule has 10 nitrogen and oxygen atoms in total. The Balaban J connectivity index is 1.37. The summed E-state index contributed by atoms with van der Waals surface area (Å²) in [5, 5.41) is 7.24. The number of rotatable bonds is 5. The average Bonchev–Trinajstić information content (AvgIpc) is 3.21. The van der Waals surface area contributed by atoms with Crippen LogP contribution in [-0.2, 0) is 10.9 Å². The highest BCUT2D eigenvalue weighted by Crippen LogP contribution is 2.30. The zero-order valence-corrected chi connectivity index (χ0v) is 17.9. The monoisotopic (exact) mass is 486 g/mol. The van der Waals surface area contributed by atoms with Gasteiger partial charge in [0.1, 0.15) is 5.75 Å². The van der Waals surface area contributed by atoms with Crippen molar-refractivity contribution < 1.29 is 32.2 Å². The lowest BCUT2D eigenvalue weighted by molar-refractivity contribution is -0.137. The van der Waals surface area contributed by atoms with Crippen molar-refractivity contribution in [2.24, 2.45) is 0 Å². The maximum absolute atomic E-state index is 12.8. The number of aromatic nitrogens is 3. The Morgan fingerprint density at radius 2 is 1.77 bits per heavy atom. The number of ether oxygens (including phenoxy) is 2. The highest BCUT2D eigenvalue weighted by atomic mass is 19.4. The third kappa shape index (κ3) is 5.96. The molecule has 35 heavy (non-hydrogen) atoms. The van der Waals surface area contributed by atoms with Gasteiger partial charge in [-0.3, -0.25) is 5.32 Å². The Bertz CT molecular complexity index is 1370. The first-order chi connectivity index (χ1) is 16.7. The minimum Gasteiger partial charge on any atom is -0.453 e. The molecule has 2 heterocycles. The fraction of sp³-hybridized carbons (Fsp3) is 0.0909. The predicted molar refractivity (Wildman–Crippen MR) is 121 cm³/mol. The zero-order valence-electron chi connectivity index (χ0n) is 17.9. The number of methoxy groups -OCH3 is 1. The number of nitrogens with one attached hydrogen (secondary N) is 4. The fourth-order valence-corrected chi connectivity index (χ4v) is 2.96. The van der Waals surface area contributed by atoms with Crippen LogP contribution >= 0.6 is 0 Å². The van der Waals surface area contributed by atoms with Crippen LogP contribution in [0.25, 0.3) is 11.0 Å². The number of carbonyl (C=O) groups excluding carboxylic acids is 2. The Kier molecular flexibility index (Phi) is 6.40. The summed E-state index contributed by atoms with van der Waals surface area (Å²) in [6, 6.07) is 11.6. The molecule has 0 saturated heterocycles. The molecule has 0 spiro atoms. The smallest absolute Gasteiger partial charge is 0.416 e. The summed E-state index contributed by atoms with van der Waals surface area (Å²) in [5.74, 6) is 0.864. The minimum absolute atomic E-state index is 0.00983. The van der Waals surface area contributed by atoms with Gasteiger partial charge in [-0.15, -0.1) is 0 Å². The number of nitrogens with zero attached hydrogens (tertiary/aromatic N) is 2. The molecular weight excluding hydrogens is 469 g/mol. The van der Waals surface area contributed by atoms with Gasteiger partial charge in [-0.2, -0.15) is 13.2 Å². The molecule has 2 aromatic heterocycles. The van der Waals surface area contributed by atoms with E-state index in [-0.39, 0.29) is 17.5 Å². The van der Waals surface area contributed by atoms with Gasteiger partial charge >= 0.3 is 18.3 Å². The number of amides is 3. The fourth-order valence-electron chi connectivity index (χ4n) is 2.96. The van der Waals surface area contributed by atoms with Crippen LogP contribution in [0.4, 0.5) is 40.1 Å². The number of aromatic amines is 1. The SMILES string of the molecule is COC(=O)Nc1nc2ccc(Oc3ccc(NC(=O)Nc4cccc(C(F)(F)F)c4)cn3)cc2[nH]1. The van der Waals surface area contributed by atoms with E-state index >= 15 is 0 Å². The van der Waals surface area contributed by atoms with Crippen LogP contribution in [0.1, 0.15) is 5.56 Å². The second-order valence-corrected chi connectivity index (χ2v) is 7.03. The molecule has 4 rings (SSSR count). The number of carbonyl (C=O) groups is 2. The molecule has 3 amide bonds. The van der Waals surface area contributed by atoms with E-state index in [1.165, 1.54) is 37.6 Å². The van der Waals surface area contributed by atoms with Gasteiger partial charge in [0.15, 0.2) is 0 Å². The summed E-state index contributed by atoms with van der Waals surface area (Å²) in [5.41, 5.74) is 0.595. The number of hydrogen-bond donors (Lipinski definition) is 4. The molecule has 4 N–H and O–H groups in total. The van der Waals surface area contributed by atoms with E-state index in [0.29, 0.717) is 22.5 Å². The molecule has 0 atom stereocenters. The highest BCUT2D eigenvalue weighted by molar-refractivity contribution is 5.99. The van der Waals surface area contributed by atoms with Crippen molar-refractivity contribution >= 4 is 40.5 Å². The van der Waals surface area contributed by atoms with Gasteiger partial charge in [-0.1, -0.05) is 6.07 Å². The molecule has 13 heteroatoms. The molecule has 0 radical (unpaired) electrons. The van der Waals surface area contributed by atoms with E-state index in [1.54, 1.807) is 18.2 Å². The quantitative estimate of drug-likeness (QED) is 0.291. The number of urea groups is 1. The van der Waals surface area contributed by atoms with Crippen LogP contribution in [0.5, 0.6) is 11.6 Å². The molecular formula is C22H17F3N6O4. The Hall–Kier alpha value is -4.81. The van der Waals surface area contributed by atoms with Crippen LogP contribution in [0.15, 0.2) is 60.8 Å². The van der Waals surface area contributed by atoms with Crippen LogP contribution in [0.2, 0.25) is 0 Å². The largest absolute Gasteiger partial charge is 0.453 e. The second-order valence-electron chi connectivity index (χ2n) is 7.03. The maximum Gasteiger partial charge on any atom is 0.416 e. The van der Waals surface area contributed by atoms with Gasteiger partial charge in [0.05, 0.1) is 35.6 Å².